The first-order chi connectivity index (χ1) is 17.3. The largest absolute Gasteiger partial charge is 0.372 e. The number of nitrogens with zero attached hydrogens (tertiary/aromatic N) is 5. The summed E-state index contributed by atoms with van der Waals surface area (Å²) in [5, 5.41) is 7.84. The summed E-state index contributed by atoms with van der Waals surface area (Å²) in [6.45, 7) is 13.8. The summed E-state index contributed by atoms with van der Waals surface area (Å²) in [6, 6.07) is 4.40. The van der Waals surface area contributed by atoms with Gasteiger partial charge >= 0.3 is 0 Å². The Morgan fingerprint density at radius 2 is 1.97 bits per heavy atom. The minimum absolute atomic E-state index is 0.225. The molecule has 2 fully saturated rings. The van der Waals surface area contributed by atoms with Gasteiger partial charge in [-0.1, -0.05) is 6.58 Å². The summed E-state index contributed by atoms with van der Waals surface area (Å²) in [6.07, 6.45) is 8.85. The topological polar surface area (TPSA) is 94.1 Å². The van der Waals surface area contributed by atoms with Gasteiger partial charge in [0.2, 0.25) is 5.95 Å². The molecule has 2 aliphatic rings. The highest BCUT2D eigenvalue weighted by Gasteiger charge is 2.38. The van der Waals surface area contributed by atoms with Crippen molar-refractivity contribution in [2.24, 2.45) is 4.99 Å². The predicted octanol–water partition coefficient (Wildman–Crippen LogP) is 6.21. The lowest BCUT2D eigenvalue weighted by Crippen LogP contribution is -2.48. The van der Waals surface area contributed by atoms with Gasteiger partial charge in [0.25, 0.3) is 0 Å². The molecule has 0 bridgehead atoms. The number of hydrogen-bond acceptors (Lipinski definition) is 7. The van der Waals surface area contributed by atoms with Crippen LogP contribution in [0.5, 0.6) is 0 Å². The first-order valence-corrected chi connectivity index (χ1v) is 13.1. The van der Waals surface area contributed by atoms with E-state index in [9.17, 15) is 0 Å². The van der Waals surface area contributed by atoms with Crippen molar-refractivity contribution in [2.45, 2.75) is 77.8 Å². The number of anilines is 2. The fraction of sp³-hybridized carbons (Fsp3) is 0.500. The first kappa shape index (κ1) is 24.3. The van der Waals surface area contributed by atoms with Gasteiger partial charge in [0.05, 0.1) is 22.5 Å². The van der Waals surface area contributed by atoms with Crippen molar-refractivity contribution < 1.29 is 0 Å². The quantitative estimate of drug-likeness (QED) is 0.359. The average molecular weight is 487 g/mol. The number of fused-ring (bicyclic) bond motifs is 1. The standard InChI is InChI=1S/C28H38N8/c1-17(2)31-22-9-10-23(32-19(22)4)21-16-30-26-24(21)25(29-6)34-27(35-26)33-20-11-13-28(5,14-12-20)36-15-7-8-18(36)3/h9-10,16,20H,3,7-8,11-15H2,1-2,4-6H3,(H3,29,30,33,34,35). The van der Waals surface area contributed by atoms with Crippen LogP contribution in [0.1, 0.15) is 65.0 Å². The van der Waals surface area contributed by atoms with Gasteiger partial charge in [-0.3, -0.25) is 9.98 Å². The molecule has 190 valence electrons. The summed E-state index contributed by atoms with van der Waals surface area (Å²) >= 11 is 0. The maximum absolute atomic E-state index is 4.85. The van der Waals surface area contributed by atoms with E-state index in [-0.39, 0.29) is 5.54 Å². The molecule has 0 amide bonds. The molecule has 3 N–H and O–H groups in total. The number of hydrogen-bond donors (Lipinski definition) is 3. The number of aryl methyl sites for hydroxylation is 1. The number of H-pyrrole nitrogens is 1. The Bertz CT molecular complexity index is 1310. The fourth-order valence-electron chi connectivity index (χ4n) is 5.77. The number of aromatic amines is 1. The third-order valence-electron chi connectivity index (χ3n) is 7.72. The minimum Gasteiger partial charge on any atom is -0.372 e. The molecular formula is C28H38N8. The van der Waals surface area contributed by atoms with E-state index < -0.39 is 0 Å². The first-order valence-electron chi connectivity index (χ1n) is 13.1. The second-order valence-electron chi connectivity index (χ2n) is 10.7. The molecule has 8 nitrogen and oxygen atoms in total. The van der Waals surface area contributed by atoms with Crippen molar-refractivity contribution in [1.82, 2.24) is 24.8 Å². The molecule has 1 saturated carbocycles. The van der Waals surface area contributed by atoms with Crippen LogP contribution in [0.4, 0.5) is 17.5 Å². The summed E-state index contributed by atoms with van der Waals surface area (Å²) in [4.78, 5) is 25.0. The second-order valence-corrected chi connectivity index (χ2v) is 10.7. The smallest absolute Gasteiger partial charge is 0.226 e. The molecule has 0 radical (unpaired) electrons. The van der Waals surface area contributed by atoms with Crippen LogP contribution in [0.25, 0.3) is 22.3 Å². The molecule has 3 aromatic rings. The van der Waals surface area contributed by atoms with Crippen molar-refractivity contribution in [3.05, 3.63) is 36.3 Å². The van der Waals surface area contributed by atoms with Crippen molar-refractivity contribution >= 4 is 34.2 Å². The maximum atomic E-state index is 4.85. The van der Waals surface area contributed by atoms with E-state index in [1.54, 1.807) is 0 Å². The summed E-state index contributed by atoms with van der Waals surface area (Å²) < 4.78 is 0. The van der Waals surface area contributed by atoms with Crippen LogP contribution in [0.2, 0.25) is 0 Å². The summed E-state index contributed by atoms with van der Waals surface area (Å²) in [5.74, 6) is 1.45. The van der Waals surface area contributed by atoms with Crippen LogP contribution >= 0.6 is 0 Å². The third-order valence-corrected chi connectivity index (χ3v) is 7.72. The number of pyridine rings is 1. The highest BCUT2D eigenvalue weighted by molar-refractivity contribution is 6.01. The van der Waals surface area contributed by atoms with Crippen LogP contribution in [-0.2, 0) is 0 Å². The van der Waals surface area contributed by atoms with E-state index in [2.05, 4.69) is 39.0 Å². The number of nitrogens with one attached hydrogen (secondary N) is 3. The maximum Gasteiger partial charge on any atom is 0.226 e. The summed E-state index contributed by atoms with van der Waals surface area (Å²) in [7, 11) is 1.90. The zero-order chi connectivity index (χ0) is 25.4. The Labute approximate surface area is 213 Å². The molecular weight excluding hydrogens is 448 g/mol. The molecule has 36 heavy (non-hydrogen) atoms. The number of aliphatic imine (C=N–C) groups is 1. The second kappa shape index (κ2) is 9.56. The molecule has 3 aromatic heterocycles. The lowest BCUT2D eigenvalue weighted by molar-refractivity contribution is 0.113. The average Bonchev–Trinajstić information content (AvgIpc) is 3.48. The van der Waals surface area contributed by atoms with Crippen LogP contribution in [0, 0.1) is 6.92 Å². The lowest BCUT2D eigenvalue weighted by Gasteiger charge is -2.46. The molecule has 0 spiro atoms. The van der Waals surface area contributed by atoms with Gasteiger partial charge in [-0.05, 0) is 78.4 Å². The molecule has 0 aromatic carbocycles. The molecule has 1 aliphatic heterocycles. The number of aromatic nitrogens is 4. The lowest BCUT2D eigenvalue weighted by atomic mass is 9.79. The van der Waals surface area contributed by atoms with E-state index in [1.165, 1.54) is 12.1 Å². The van der Waals surface area contributed by atoms with Crippen LogP contribution in [0.15, 0.2) is 35.6 Å². The third kappa shape index (κ3) is 4.56. The molecule has 1 saturated heterocycles. The fourth-order valence-corrected chi connectivity index (χ4v) is 5.77. The Kier molecular flexibility index (Phi) is 6.45. The van der Waals surface area contributed by atoms with E-state index in [1.807, 2.05) is 46.1 Å². The number of allylic oxidation sites excluding steroid dienone is 1. The van der Waals surface area contributed by atoms with Gasteiger partial charge in [-0.25, -0.2) is 0 Å². The molecule has 0 unspecified atom stereocenters. The molecule has 5 rings (SSSR count). The summed E-state index contributed by atoms with van der Waals surface area (Å²) in [5.41, 5.74) is 6.99. The van der Waals surface area contributed by atoms with Crippen molar-refractivity contribution in [3.63, 3.8) is 0 Å². The Morgan fingerprint density at radius 3 is 2.61 bits per heavy atom. The van der Waals surface area contributed by atoms with Gasteiger partial charge in [0, 0.05) is 48.3 Å². The van der Waals surface area contributed by atoms with Gasteiger partial charge < -0.3 is 20.5 Å². The highest BCUT2D eigenvalue weighted by atomic mass is 15.2. The normalized spacial score (nSPS) is 22.2. The van der Waals surface area contributed by atoms with Crippen molar-refractivity contribution in [2.75, 3.05) is 24.2 Å². The van der Waals surface area contributed by atoms with Gasteiger partial charge in [-0.2, -0.15) is 9.97 Å². The van der Waals surface area contributed by atoms with E-state index >= 15 is 0 Å². The molecule has 8 heteroatoms. The molecule has 4 heterocycles. The molecule has 0 atom stereocenters. The SMILES string of the molecule is C=C1CCCN1C1(C)CCC(Nc2nc(NC)c3c(-c4ccc(N=C(C)C)c(C)n4)c[nH]c3n2)CC1. The van der Waals surface area contributed by atoms with E-state index in [0.29, 0.717) is 12.0 Å². The highest BCUT2D eigenvalue weighted by Crippen LogP contribution is 2.40. The van der Waals surface area contributed by atoms with Crippen molar-refractivity contribution in [1.29, 1.82) is 0 Å². The number of likely N-dealkylation sites (tertiary alicyclic amines) is 1. The zero-order valence-corrected chi connectivity index (χ0v) is 22.2. The van der Waals surface area contributed by atoms with Gasteiger partial charge in [0.1, 0.15) is 11.5 Å². The number of rotatable bonds is 6. The Morgan fingerprint density at radius 1 is 1.19 bits per heavy atom. The van der Waals surface area contributed by atoms with Crippen LogP contribution in [-0.4, -0.2) is 55.7 Å². The van der Waals surface area contributed by atoms with Crippen molar-refractivity contribution in [3.8, 4) is 11.3 Å². The zero-order valence-electron chi connectivity index (χ0n) is 22.2. The Hall–Kier alpha value is -3.42. The van der Waals surface area contributed by atoms with Crippen LogP contribution in [0.3, 0.4) is 0 Å². The van der Waals surface area contributed by atoms with Gasteiger partial charge in [-0.15, -0.1) is 0 Å². The van der Waals surface area contributed by atoms with Gasteiger partial charge in [0.15, 0.2) is 0 Å². The van der Waals surface area contributed by atoms with E-state index in [4.69, 9.17) is 15.0 Å². The van der Waals surface area contributed by atoms with Crippen LogP contribution < -0.4 is 10.6 Å². The Balaban J connectivity index is 1.36. The monoisotopic (exact) mass is 486 g/mol. The minimum atomic E-state index is 0.225. The molecule has 1 aliphatic carbocycles. The predicted molar refractivity (Wildman–Crippen MR) is 149 cm³/mol. The van der Waals surface area contributed by atoms with E-state index in [0.717, 1.165) is 83.9 Å².